The van der Waals surface area contributed by atoms with Gasteiger partial charge in [0.15, 0.2) is 11.5 Å². The highest BCUT2D eigenvalue weighted by atomic mass is 16.5. The second kappa shape index (κ2) is 27.4. The molecule has 0 spiro atoms. The molecule has 19 heteroatoms. The number of rotatable bonds is 24. The Balaban J connectivity index is 1.01. The van der Waals surface area contributed by atoms with Crippen LogP contribution >= 0.6 is 0 Å². The van der Waals surface area contributed by atoms with Crippen LogP contribution in [0, 0.1) is 10.8 Å². The quantitative estimate of drug-likeness (QED) is 0.0188. The summed E-state index contributed by atoms with van der Waals surface area (Å²) < 4.78 is 13.7. The number of fused-ring (bicyclic) bond motifs is 2. The maximum absolute atomic E-state index is 14.6. The van der Waals surface area contributed by atoms with E-state index in [0.29, 0.717) is 87.6 Å². The van der Waals surface area contributed by atoms with Crippen LogP contribution in [0.4, 0.5) is 0 Å². The molecule has 2 aliphatic heterocycles. The van der Waals surface area contributed by atoms with Crippen LogP contribution in [0.25, 0.3) is 34.1 Å². The molecule has 1 aromatic carbocycles. The summed E-state index contributed by atoms with van der Waals surface area (Å²) in [5.74, 6) is 0.0573. The number of likely N-dealkylation sites (N-methyl/N-ethyl adjacent to an activating group) is 2. The van der Waals surface area contributed by atoms with Gasteiger partial charge in [0.2, 0.25) is 29.5 Å². The number of amides is 6. The first-order valence-electron chi connectivity index (χ1n) is 29.7. The fourth-order valence-corrected chi connectivity index (χ4v) is 11.0. The summed E-state index contributed by atoms with van der Waals surface area (Å²) >= 11 is 0. The number of ether oxygens (including phenoxy) is 1. The second-order valence-electron chi connectivity index (χ2n) is 24.5. The topological polar surface area (TPSA) is 248 Å². The Labute approximate surface area is 484 Å². The van der Waals surface area contributed by atoms with Crippen molar-refractivity contribution in [2.75, 3.05) is 40.3 Å². The molecule has 19 nitrogen and oxygen atoms in total. The van der Waals surface area contributed by atoms with Crippen LogP contribution in [0.5, 0.6) is 0 Å². The van der Waals surface area contributed by atoms with Crippen LogP contribution in [0.1, 0.15) is 180 Å². The number of H-pyrrole nitrogens is 2. The lowest BCUT2D eigenvalue weighted by atomic mass is 9.85. The summed E-state index contributed by atoms with van der Waals surface area (Å²) in [7, 11) is 3.41. The van der Waals surface area contributed by atoms with E-state index in [9.17, 15) is 28.8 Å². The van der Waals surface area contributed by atoms with Crippen molar-refractivity contribution in [2.24, 2.45) is 10.8 Å². The first kappa shape index (κ1) is 62.6. The van der Waals surface area contributed by atoms with Crippen LogP contribution in [-0.4, -0.2) is 131 Å². The number of hydrogen-bond acceptors (Lipinski definition) is 11. The van der Waals surface area contributed by atoms with Crippen LogP contribution in [0.2, 0.25) is 0 Å². The molecule has 0 bridgehead atoms. The minimum absolute atomic E-state index is 0.150. The Morgan fingerprint density at radius 3 is 2.04 bits per heavy atom. The Morgan fingerprint density at radius 2 is 1.40 bits per heavy atom. The molecule has 5 heterocycles. The van der Waals surface area contributed by atoms with Gasteiger partial charge in [0.1, 0.15) is 29.6 Å². The SMILES string of the molecule is CC/C(C)=C(/O/C(=C(\C)C(=O)NCCCCCCNC(=O)c1nc(C2CCCN2C(=O)C(NC(=O)C(C)NC)C(C)(C)C)oc1-c1c[nH]c2c1C=CCC2)c1c[nH]c2ccccc12)C1CCCN1C(=O)C(NC(=O)C(C)NC)C(C)(C)C. The van der Waals surface area contributed by atoms with Crippen LogP contribution in [-0.2, 0) is 35.1 Å². The largest absolute Gasteiger partial charge is 0.458 e. The lowest BCUT2D eigenvalue weighted by molar-refractivity contribution is -0.141. The fourth-order valence-electron chi connectivity index (χ4n) is 11.0. The average molecular weight is 1130 g/mol. The van der Waals surface area contributed by atoms with Crippen molar-refractivity contribution < 1.29 is 37.9 Å². The van der Waals surface area contributed by atoms with Crippen molar-refractivity contribution in [1.82, 2.24) is 56.7 Å². The molecule has 7 rings (SSSR count). The molecule has 3 aromatic heterocycles. The Kier molecular flexibility index (Phi) is 20.9. The number of oxazole rings is 1. The number of benzene rings is 1. The van der Waals surface area contributed by atoms with E-state index in [-0.39, 0.29) is 47.0 Å². The third kappa shape index (κ3) is 14.4. The van der Waals surface area contributed by atoms with Gasteiger partial charge in [0.05, 0.1) is 23.7 Å². The number of likely N-dealkylation sites (tertiary alicyclic amines) is 2. The maximum atomic E-state index is 14.6. The zero-order valence-electron chi connectivity index (χ0n) is 50.8. The molecule has 6 atom stereocenters. The maximum Gasteiger partial charge on any atom is 0.273 e. The number of allylic oxidation sites excluding steroid dienone is 2. The summed E-state index contributed by atoms with van der Waals surface area (Å²) in [6, 6.07) is 4.35. The molecule has 3 aliphatic rings. The number of carbonyl (C=O) groups excluding carboxylic acids is 6. The Hall–Kier alpha value is -6.99. The molecule has 8 N–H and O–H groups in total. The predicted octanol–water partition coefficient (Wildman–Crippen LogP) is 8.58. The molecule has 82 heavy (non-hydrogen) atoms. The Bertz CT molecular complexity index is 3040. The summed E-state index contributed by atoms with van der Waals surface area (Å²) in [5, 5.41) is 19.0. The molecule has 6 amide bonds. The highest BCUT2D eigenvalue weighted by Gasteiger charge is 2.44. The zero-order valence-corrected chi connectivity index (χ0v) is 50.8. The number of aromatic amines is 2. The van der Waals surface area contributed by atoms with Crippen molar-refractivity contribution in [3.63, 3.8) is 0 Å². The normalized spacial score (nSPS) is 18.5. The van der Waals surface area contributed by atoms with Gasteiger partial charge in [-0.3, -0.25) is 28.8 Å². The molecule has 1 aliphatic carbocycles. The standard InChI is InChI=1S/C63H91N11O8/c1-14-37(2)50(47-29-23-33-73(47)60(79)53(62(6,7)8)71-56(76)39(4)64-12)81-51(43-35-68-45-27-19-17-25-41(43)45)38(3)55(75)66-31-21-15-16-22-32-67-58(78)49-52(44-36-69-46-28-20-18-26-42(44)46)82-59(70-49)48-30-24-34-74(48)61(80)54(63(9,10)11)72-57(77)40(5)65-13/h17-19,25-27,35-36,39-40,47-48,53-54,64-65,68-69H,14-16,20-24,28-34H2,1-13H3,(H,66,75)(H,67,78)(H,71,76)(H,72,77)/b50-37+,51-38+. The lowest BCUT2D eigenvalue weighted by Gasteiger charge is -2.37. The van der Waals surface area contributed by atoms with Crippen molar-refractivity contribution in [3.05, 3.63) is 88.0 Å². The first-order chi connectivity index (χ1) is 39.0. The van der Waals surface area contributed by atoms with E-state index in [0.717, 1.165) is 71.0 Å². The van der Waals surface area contributed by atoms with E-state index in [4.69, 9.17) is 14.1 Å². The van der Waals surface area contributed by atoms with E-state index in [1.165, 1.54) is 0 Å². The zero-order chi connectivity index (χ0) is 59.6. The van der Waals surface area contributed by atoms with Crippen molar-refractivity contribution in [3.8, 4) is 11.3 Å². The highest BCUT2D eigenvalue weighted by Crippen LogP contribution is 2.41. The van der Waals surface area contributed by atoms with E-state index < -0.39 is 47.1 Å². The number of nitrogens with zero attached hydrogens (tertiary/aromatic N) is 3. The van der Waals surface area contributed by atoms with E-state index in [2.05, 4.69) is 47.9 Å². The molecule has 2 fully saturated rings. The first-order valence-corrected chi connectivity index (χ1v) is 29.7. The predicted molar refractivity (Wildman–Crippen MR) is 321 cm³/mol. The number of aryl methyl sites for hydroxylation is 1. The highest BCUT2D eigenvalue weighted by molar-refractivity contribution is 6.03. The van der Waals surface area contributed by atoms with Crippen LogP contribution in [0.15, 0.2) is 64.1 Å². The van der Waals surface area contributed by atoms with Gasteiger partial charge in [0.25, 0.3) is 11.8 Å². The minimum atomic E-state index is -0.805. The third-order valence-electron chi connectivity index (χ3n) is 16.4. The number of nitrogens with one attached hydrogen (secondary N) is 8. The number of hydrogen-bond donors (Lipinski definition) is 8. The average Bonchev–Trinajstić information content (AvgIpc) is 4.43. The smallest absolute Gasteiger partial charge is 0.273 e. The molecule has 2 saturated heterocycles. The molecule has 0 saturated carbocycles. The van der Waals surface area contributed by atoms with Crippen LogP contribution in [0.3, 0.4) is 0 Å². The van der Waals surface area contributed by atoms with E-state index in [1.54, 1.807) is 39.8 Å². The van der Waals surface area contributed by atoms with Crippen LogP contribution < -0.4 is 31.9 Å². The molecule has 6 unspecified atom stereocenters. The Morgan fingerprint density at radius 1 is 0.793 bits per heavy atom. The van der Waals surface area contributed by atoms with Crippen molar-refractivity contribution in [2.45, 2.75) is 183 Å². The second-order valence-corrected chi connectivity index (χ2v) is 24.5. The fraction of sp³-hybridized carbons (Fsp3) is 0.571. The van der Waals surface area contributed by atoms with Gasteiger partial charge in [-0.05, 0) is 122 Å². The minimum Gasteiger partial charge on any atom is -0.458 e. The third-order valence-corrected chi connectivity index (χ3v) is 16.4. The number of unbranched alkanes of at least 4 members (excludes halogenated alkanes) is 3. The van der Waals surface area contributed by atoms with Gasteiger partial charge >= 0.3 is 0 Å². The number of para-hydroxylation sites is 1. The van der Waals surface area contributed by atoms with Gasteiger partial charge in [-0.25, -0.2) is 4.98 Å². The van der Waals surface area contributed by atoms with Crippen molar-refractivity contribution >= 4 is 58.2 Å². The lowest BCUT2D eigenvalue weighted by Crippen LogP contribution is -2.58. The van der Waals surface area contributed by atoms with Crippen molar-refractivity contribution in [1.29, 1.82) is 0 Å². The molecule has 446 valence electrons. The molecule has 0 radical (unpaired) electrons. The molecule has 4 aromatic rings. The summed E-state index contributed by atoms with van der Waals surface area (Å²) in [6.07, 6.45) is 15.9. The number of aromatic nitrogens is 3. The van der Waals surface area contributed by atoms with Gasteiger partial charge < -0.3 is 60.8 Å². The molecular weight excluding hydrogens is 1040 g/mol. The number of carbonyl (C=O) groups is 6. The monoisotopic (exact) mass is 1130 g/mol. The van der Waals surface area contributed by atoms with E-state index in [1.807, 2.05) is 103 Å². The van der Waals surface area contributed by atoms with Gasteiger partial charge in [0, 0.05) is 71.9 Å². The van der Waals surface area contributed by atoms with Gasteiger partial charge in [-0.1, -0.05) is 91.7 Å². The van der Waals surface area contributed by atoms with Gasteiger partial charge in [-0.2, -0.15) is 0 Å². The summed E-state index contributed by atoms with van der Waals surface area (Å²) in [5.41, 5.74) is 4.66. The van der Waals surface area contributed by atoms with E-state index >= 15 is 0 Å². The molecular formula is C63H91N11O8. The van der Waals surface area contributed by atoms with Gasteiger partial charge in [-0.15, -0.1) is 0 Å². The summed E-state index contributed by atoms with van der Waals surface area (Å²) in [6.45, 7) is 22.7. The summed E-state index contributed by atoms with van der Waals surface area (Å²) in [4.78, 5) is 98.9.